The lowest BCUT2D eigenvalue weighted by atomic mass is 9.90. The largest absolute Gasteiger partial charge is 0.394 e. The van der Waals surface area contributed by atoms with Gasteiger partial charge in [0.1, 0.15) is 4.70 Å². The molecule has 0 amide bonds. The van der Waals surface area contributed by atoms with Crippen LogP contribution >= 0.6 is 11.3 Å². The molecule has 2 aromatic rings. The van der Waals surface area contributed by atoms with Gasteiger partial charge in [0.2, 0.25) is 5.95 Å². The molecule has 1 unspecified atom stereocenters. The average molecular weight is 326 g/mol. The fourth-order valence-electron chi connectivity index (χ4n) is 2.88. The maximum atomic E-state index is 12.2. The molecule has 2 aromatic heterocycles. The number of rotatable bonds is 3. The lowest BCUT2D eigenvalue weighted by Gasteiger charge is -2.16. The standard InChI is InChI=1S/C13H18N4O4S/c1-5-6(2)8(4-18)21-7(5)3-17-10-9(22-13(17)20)11(19)16-12(14)15-10/h5-8,18H,3-4H2,1-2H3,(H3,14,15,16,19)/t5-,6+,7?,8-/m1/s1. The summed E-state index contributed by atoms with van der Waals surface area (Å²) in [5.74, 6) is 0.349. The van der Waals surface area contributed by atoms with Crippen LogP contribution in [0.5, 0.6) is 0 Å². The van der Waals surface area contributed by atoms with E-state index in [1.165, 1.54) is 4.57 Å². The van der Waals surface area contributed by atoms with E-state index in [0.717, 1.165) is 11.3 Å². The van der Waals surface area contributed by atoms with Crippen molar-refractivity contribution in [2.45, 2.75) is 32.6 Å². The van der Waals surface area contributed by atoms with Gasteiger partial charge in [-0.1, -0.05) is 25.2 Å². The molecule has 0 aromatic carbocycles. The molecule has 120 valence electrons. The molecule has 0 saturated carbocycles. The predicted octanol–water partition coefficient (Wildman–Crippen LogP) is -0.240. The summed E-state index contributed by atoms with van der Waals surface area (Å²) < 4.78 is 7.51. The number of fused-ring (bicyclic) bond motifs is 1. The van der Waals surface area contributed by atoms with Gasteiger partial charge in [-0.05, 0) is 11.8 Å². The maximum absolute atomic E-state index is 12.2. The van der Waals surface area contributed by atoms with Crippen molar-refractivity contribution < 1.29 is 9.84 Å². The Kier molecular flexibility index (Phi) is 3.79. The van der Waals surface area contributed by atoms with E-state index in [-0.39, 0.29) is 58.4 Å². The molecule has 1 saturated heterocycles. The lowest BCUT2D eigenvalue weighted by Crippen LogP contribution is -2.27. The molecule has 4 N–H and O–H groups in total. The van der Waals surface area contributed by atoms with Crippen molar-refractivity contribution in [1.82, 2.24) is 14.5 Å². The van der Waals surface area contributed by atoms with Crippen LogP contribution < -0.4 is 16.2 Å². The fraction of sp³-hybridized carbons (Fsp3) is 0.615. The number of aliphatic hydroxyl groups excluding tert-OH is 1. The Morgan fingerprint density at radius 1 is 1.36 bits per heavy atom. The maximum Gasteiger partial charge on any atom is 0.309 e. The number of nitrogens with one attached hydrogen (secondary N) is 1. The molecule has 3 heterocycles. The van der Waals surface area contributed by atoms with Crippen molar-refractivity contribution in [3.63, 3.8) is 0 Å². The van der Waals surface area contributed by atoms with Gasteiger partial charge in [0.15, 0.2) is 5.65 Å². The van der Waals surface area contributed by atoms with Gasteiger partial charge in [-0.2, -0.15) is 4.98 Å². The number of nitrogen functional groups attached to an aromatic ring is 1. The molecule has 8 nitrogen and oxygen atoms in total. The molecule has 3 rings (SSSR count). The van der Waals surface area contributed by atoms with Gasteiger partial charge in [-0.15, -0.1) is 0 Å². The number of thiazole rings is 1. The number of anilines is 1. The normalized spacial score (nSPS) is 28.5. The lowest BCUT2D eigenvalue weighted by molar-refractivity contribution is -0.00748. The van der Waals surface area contributed by atoms with Crippen LogP contribution in [0.15, 0.2) is 9.59 Å². The Morgan fingerprint density at radius 2 is 2.05 bits per heavy atom. The Bertz CT molecular complexity index is 810. The quantitative estimate of drug-likeness (QED) is 0.715. The fourth-order valence-corrected chi connectivity index (χ4v) is 3.72. The summed E-state index contributed by atoms with van der Waals surface area (Å²) in [7, 11) is 0. The third kappa shape index (κ3) is 2.34. The average Bonchev–Trinajstić information content (AvgIpc) is 2.92. The minimum Gasteiger partial charge on any atom is -0.394 e. The van der Waals surface area contributed by atoms with Crippen molar-refractivity contribution in [1.29, 1.82) is 0 Å². The van der Waals surface area contributed by atoms with E-state index in [2.05, 4.69) is 9.97 Å². The van der Waals surface area contributed by atoms with Gasteiger partial charge in [-0.3, -0.25) is 19.1 Å². The Morgan fingerprint density at radius 3 is 2.68 bits per heavy atom. The number of hydrogen-bond donors (Lipinski definition) is 3. The molecule has 0 spiro atoms. The SMILES string of the molecule is C[C@@H]1[C@@H](CO)OC(Cn2c(=O)sc3c(=O)[nH]c(N)nc32)[C@@H]1C. The molecule has 0 radical (unpaired) electrons. The summed E-state index contributed by atoms with van der Waals surface area (Å²) >= 11 is 0.847. The number of nitrogens with two attached hydrogens (primary N) is 1. The highest BCUT2D eigenvalue weighted by Crippen LogP contribution is 2.33. The van der Waals surface area contributed by atoms with Crippen molar-refractivity contribution in [2.24, 2.45) is 11.8 Å². The number of aromatic amines is 1. The smallest absolute Gasteiger partial charge is 0.309 e. The van der Waals surface area contributed by atoms with E-state index in [1.807, 2.05) is 13.8 Å². The molecular weight excluding hydrogens is 308 g/mol. The number of nitrogens with zero attached hydrogens (tertiary/aromatic N) is 2. The molecule has 1 fully saturated rings. The summed E-state index contributed by atoms with van der Waals surface area (Å²) in [6.07, 6.45) is -0.452. The van der Waals surface area contributed by atoms with Crippen molar-refractivity contribution in [3.8, 4) is 0 Å². The van der Waals surface area contributed by atoms with Crippen LogP contribution in [-0.4, -0.2) is 38.5 Å². The second kappa shape index (κ2) is 5.49. The first-order chi connectivity index (χ1) is 10.4. The number of ether oxygens (including phenoxy) is 1. The van der Waals surface area contributed by atoms with Gasteiger partial charge < -0.3 is 15.6 Å². The molecule has 4 atom stereocenters. The van der Waals surface area contributed by atoms with Crippen LogP contribution in [0.4, 0.5) is 5.95 Å². The first kappa shape index (κ1) is 15.2. The summed E-state index contributed by atoms with van der Waals surface area (Å²) in [6, 6.07) is 0. The van der Waals surface area contributed by atoms with Crippen LogP contribution in [0.25, 0.3) is 10.3 Å². The molecular formula is C13H18N4O4S. The monoisotopic (exact) mass is 326 g/mol. The van der Waals surface area contributed by atoms with E-state index in [9.17, 15) is 14.7 Å². The Labute approximate surface area is 129 Å². The van der Waals surface area contributed by atoms with Crippen molar-refractivity contribution >= 4 is 27.6 Å². The van der Waals surface area contributed by atoms with E-state index >= 15 is 0 Å². The minimum absolute atomic E-state index is 0.0222. The molecule has 0 bridgehead atoms. The molecule has 1 aliphatic heterocycles. The topological polar surface area (TPSA) is 123 Å². The van der Waals surface area contributed by atoms with Gasteiger partial charge in [0.25, 0.3) is 5.56 Å². The zero-order valence-electron chi connectivity index (χ0n) is 12.3. The van der Waals surface area contributed by atoms with Crippen LogP contribution in [-0.2, 0) is 11.3 Å². The number of H-pyrrole nitrogens is 1. The van der Waals surface area contributed by atoms with E-state index in [4.69, 9.17) is 10.5 Å². The first-order valence-electron chi connectivity index (χ1n) is 7.07. The van der Waals surface area contributed by atoms with Crippen molar-refractivity contribution in [2.75, 3.05) is 12.3 Å². The first-order valence-corrected chi connectivity index (χ1v) is 7.89. The zero-order valence-corrected chi connectivity index (χ0v) is 13.1. The summed E-state index contributed by atoms with van der Waals surface area (Å²) in [5.41, 5.74) is 5.43. The third-order valence-electron chi connectivity index (χ3n) is 4.44. The summed E-state index contributed by atoms with van der Waals surface area (Å²) in [6.45, 7) is 4.28. The van der Waals surface area contributed by atoms with Gasteiger partial charge >= 0.3 is 4.87 Å². The third-order valence-corrected chi connectivity index (χ3v) is 5.40. The van der Waals surface area contributed by atoms with E-state index in [1.54, 1.807) is 0 Å². The molecule has 1 aliphatic rings. The van der Waals surface area contributed by atoms with E-state index in [0.29, 0.717) is 0 Å². The van der Waals surface area contributed by atoms with Gasteiger partial charge in [0.05, 0.1) is 25.4 Å². The Balaban J connectivity index is 2.00. The minimum atomic E-state index is -0.412. The van der Waals surface area contributed by atoms with Crippen LogP contribution in [0, 0.1) is 11.8 Å². The number of aliphatic hydroxyl groups is 1. The predicted molar refractivity (Wildman–Crippen MR) is 83.0 cm³/mol. The number of hydrogen-bond acceptors (Lipinski definition) is 7. The van der Waals surface area contributed by atoms with Crippen molar-refractivity contribution in [3.05, 3.63) is 20.0 Å². The van der Waals surface area contributed by atoms with Gasteiger partial charge in [-0.25, -0.2) is 0 Å². The summed E-state index contributed by atoms with van der Waals surface area (Å²) in [4.78, 5) is 30.2. The van der Waals surface area contributed by atoms with E-state index < -0.39 is 5.56 Å². The zero-order chi connectivity index (χ0) is 16.0. The highest BCUT2D eigenvalue weighted by Gasteiger charge is 2.39. The molecule has 9 heteroatoms. The summed E-state index contributed by atoms with van der Waals surface area (Å²) in [5, 5.41) is 9.33. The molecule has 0 aliphatic carbocycles. The number of aromatic nitrogens is 3. The van der Waals surface area contributed by atoms with Crippen LogP contribution in [0.3, 0.4) is 0 Å². The van der Waals surface area contributed by atoms with Crippen LogP contribution in [0.2, 0.25) is 0 Å². The molecule has 22 heavy (non-hydrogen) atoms. The second-order valence-electron chi connectivity index (χ2n) is 5.70. The second-order valence-corrected chi connectivity index (χ2v) is 6.66. The van der Waals surface area contributed by atoms with Gasteiger partial charge in [0, 0.05) is 0 Å². The Hall–Kier alpha value is -1.71. The highest BCUT2D eigenvalue weighted by atomic mass is 32.1. The highest BCUT2D eigenvalue weighted by molar-refractivity contribution is 7.16. The van der Waals surface area contributed by atoms with Crippen LogP contribution in [0.1, 0.15) is 13.8 Å².